The third kappa shape index (κ3) is 1.70. The Balaban J connectivity index is 2.49. The Morgan fingerprint density at radius 3 is 3.00 bits per heavy atom. The smallest absolute Gasteiger partial charge is 0.223 e. The van der Waals surface area contributed by atoms with E-state index >= 15 is 0 Å². The lowest BCUT2D eigenvalue weighted by atomic mass is 10.2. The van der Waals surface area contributed by atoms with E-state index in [1.165, 1.54) is 0 Å². The number of nitrogens with two attached hydrogens (primary N) is 1. The summed E-state index contributed by atoms with van der Waals surface area (Å²) in [7, 11) is 0. The summed E-state index contributed by atoms with van der Waals surface area (Å²) in [5, 5.41) is 8.62. The normalized spacial score (nSPS) is 24.7. The largest absolute Gasteiger partial charge is 0.395 e. The molecule has 0 bridgehead atoms. The average Bonchev–Trinajstić information content (AvgIpc) is 2.34. The van der Waals surface area contributed by atoms with E-state index in [9.17, 15) is 4.79 Å². The molecular formula is C7H14N2O2. The number of likely N-dealkylation sites (tertiary alicyclic amines) is 1. The minimum absolute atomic E-state index is 0.0300. The molecule has 1 saturated heterocycles. The highest BCUT2D eigenvalue weighted by atomic mass is 16.3. The van der Waals surface area contributed by atoms with E-state index in [0.717, 1.165) is 6.42 Å². The van der Waals surface area contributed by atoms with Gasteiger partial charge in [-0.1, -0.05) is 0 Å². The number of aliphatic hydroxyl groups excluding tert-OH is 1. The molecule has 0 saturated carbocycles. The van der Waals surface area contributed by atoms with Crippen LogP contribution in [0.2, 0.25) is 0 Å². The maximum atomic E-state index is 11.1. The Hall–Kier alpha value is -0.610. The Morgan fingerprint density at radius 1 is 1.73 bits per heavy atom. The molecule has 0 radical (unpaired) electrons. The maximum Gasteiger partial charge on any atom is 0.223 e. The van der Waals surface area contributed by atoms with E-state index < -0.39 is 0 Å². The van der Waals surface area contributed by atoms with Crippen LogP contribution in [0, 0.1) is 0 Å². The quantitative estimate of drug-likeness (QED) is 0.549. The van der Waals surface area contributed by atoms with Crippen LogP contribution in [-0.2, 0) is 4.79 Å². The second-order valence-corrected chi connectivity index (χ2v) is 2.74. The van der Waals surface area contributed by atoms with Gasteiger partial charge in [0.2, 0.25) is 5.91 Å². The average molecular weight is 158 g/mol. The second-order valence-electron chi connectivity index (χ2n) is 2.74. The first-order valence-electron chi connectivity index (χ1n) is 3.90. The first kappa shape index (κ1) is 8.49. The highest BCUT2D eigenvalue weighted by Gasteiger charge is 2.28. The Bertz CT molecular complexity index is 149. The SMILES string of the molecule is NC[C@@H]1CCC(=O)N1CCO. The highest BCUT2D eigenvalue weighted by molar-refractivity contribution is 5.78. The van der Waals surface area contributed by atoms with E-state index in [1.54, 1.807) is 4.90 Å². The van der Waals surface area contributed by atoms with E-state index in [-0.39, 0.29) is 18.6 Å². The third-order valence-corrected chi connectivity index (χ3v) is 2.07. The third-order valence-electron chi connectivity index (χ3n) is 2.07. The van der Waals surface area contributed by atoms with Crippen molar-refractivity contribution in [1.29, 1.82) is 0 Å². The molecule has 1 rings (SSSR count). The zero-order valence-corrected chi connectivity index (χ0v) is 6.49. The molecular weight excluding hydrogens is 144 g/mol. The lowest BCUT2D eigenvalue weighted by molar-refractivity contribution is -0.129. The predicted octanol–water partition coefficient (Wildman–Crippen LogP) is -1.07. The van der Waals surface area contributed by atoms with Gasteiger partial charge in [-0.3, -0.25) is 4.79 Å². The molecule has 0 aliphatic carbocycles. The minimum atomic E-state index is 0.0300. The minimum Gasteiger partial charge on any atom is -0.395 e. The van der Waals surface area contributed by atoms with Crippen LogP contribution in [0.1, 0.15) is 12.8 Å². The Morgan fingerprint density at radius 2 is 2.45 bits per heavy atom. The summed E-state index contributed by atoms with van der Waals surface area (Å²) in [5.41, 5.74) is 5.44. The van der Waals surface area contributed by atoms with Crippen molar-refractivity contribution in [2.75, 3.05) is 19.7 Å². The first-order valence-corrected chi connectivity index (χ1v) is 3.90. The van der Waals surface area contributed by atoms with Gasteiger partial charge in [-0.15, -0.1) is 0 Å². The van der Waals surface area contributed by atoms with Crippen LogP contribution < -0.4 is 5.73 Å². The van der Waals surface area contributed by atoms with E-state index in [0.29, 0.717) is 19.5 Å². The first-order chi connectivity index (χ1) is 5.29. The molecule has 0 spiro atoms. The van der Waals surface area contributed by atoms with Gasteiger partial charge in [0, 0.05) is 25.6 Å². The van der Waals surface area contributed by atoms with Crippen molar-refractivity contribution in [1.82, 2.24) is 4.90 Å². The van der Waals surface area contributed by atoms with Crippen molar-refractivity contribution in [3.8, 4) is 0 Å². The van der Waals surface area contributed by atoms with Gasteiger partial charge in [-0.2, -0.15) is 0 Å². The topological polar surface area (TPSA) is 66.6 Å². The van der Waals surface area contributed by atoms with Crippen molar-refractivity contribution < 1.29 is 9.90 Å². The zero-order chi connectivity index (χ0) is 8.27. The number of hydrogen-bond acceptors (Lipinski definition) is 3. The molecule has 4 nitrogen and oxygen atoms in total. The molecule has 1 fully saturated rings. The number of β-amino-alcohol motifs (C(OH)–C–C–N with tert-alkyl or cyclic N) is 1. The van der Waals surface area contributed by atoms with Gasteiger partial charge in [0.1, 0.15) is 0 Å². The van der Waals surface area contributed by atoms with Crippen LogP contribution in [-0.4, -0.2) is 41.7 Å². The fourth-order valence-electron chi connectivity index (χ4n) is 1.45. The van der Waals surface area contributed by atoms with E-state index in [2.05, 4.69) is 0 Å². The number of nitrogens with zero attached hydrogens (tertiary/aromatic N) is 1. The summed E-state index contributed by atoms with van der Waals surface area (Å²) in [4.78, 5) is 12.8. The van der Waals surface area contributed by atoms with Crippen molar-refractivity contribution in [3.05, 3.63) is 0 Å². The van der Waals surface area contributed by atoms with Crippen molar-refractivity contribution in [2.24, 2.45) is 5.73 Å². The van der Waals surface area contributed by atoms with Gasteiger partial charge < -0.3 is 15.7 Å². The fourth-order valence-corrected chi connectivity index (χ4v) is 1.45. The van der Waals surface area contributed by atoms with Gasteiger partial charge in [-0.25, -0.2) is 0 Å². The van der Waals surface area contributed by atoms with Gasteiger partial charge in [-0.05, 0) is 6.42 Å². The molecule has 1 aliphatic heterocycles. The molecule has 1 heterocycles. The van der Waals surface area contributed by atoms with Crippen LogP contribution in [0.3, 0.4) is 0 Å². The molecule has 0 aromatic carbocycles. The summed E-state index contributed by atoms with van der Waals surface area (Å²) in [6, 6.07) is 0.162. The van der Waals surface area contributed by atoms with Crippen LogP contribution in [0.15, 0.2) is 0 Å². The van der Waals surface area contributed by atoms with Crippen LogP contribution in [0.4, 0.5) is 0 Å². The monoisotopic (exact) mass is 158 g/mol. The second kappa shape index (κ2) is 3.69. The standard InChI is InChI=1S/C7H14N2O2/c8-5-6-1-2-7(11)9(6)3-4-10/h6,10H,1-5,8H2/t6-/m0/s1. The van der Waals surface area contributed by atoms with Crippen LogP contribution in [0.5, 0.6) is 0 Å². The number of aliphatic hydroxyl groups is 1. The summed E-state index contributed by atoms with van der Waals surface area (Å²) in [6.45, 7) is 0.967. The fraction of sp³-hybridized carbons (Fsp3) is 0.857. The molecule has 4 heteroatoms. The van der Waals surface area contributed by atoms with Crippen molar-refractivity contribution in [2.45, 2.75) is 18.9 Å². The highest BCUT2D eigenvalue weighted by Crippen LogP contribution is 2.16. The molecule has 1 amide bonds. The van der Waals surface area contributed by atoms with Crippen LogP contribution >= 0.6 is 0 Å². The van der Waals surface area contributed by atoms with Gasteiger partial charge >= 0.3 is 0 Å². The molecule has 3 N–H and O–H groups in total. The number of hydrogen-bond donors (Lipinski definition) is 2. The predicted molar refractivity (Wildman–Crippen MR) is 40.9 cm³/mol. The maximum absolute atomic E-state index is 11.1. The molecule has 0 unspecified atom stereocenters. The van der Waals surface area contributed by atoms with E-state index in [1.807, 2.05) is 0 Å². The van der Waals surface area contributed by atoms with Crippen molar-refractivity contribution in [3.63, 3.8) is 0 Å². The molecule has 0 aromatic heterocycles. The van der Waals surface area contributed by atoms with Crippen LogP contribution in [0.25, 0.3) is 0 Å². The van der Waals surface area contributed by atoms with E-state index in [4.69, 9.17) is 10.8 Å². The zero-order valence-electron chi connectivity index (χ0n) is 6.49. The summed E-state index contributed by atoms with van der Waals surface area (Å²) >= 11 is 0. The molecule has 1 atom stereocenters. The Kier molecular flexibility index (Phi) is 2.84. The van der Waals surface area contributed by atoms with Gasteiger partial charge in [0.25, 0.3) is 0 Å². The molecule has 64 valence electrons. The summed E-state index contributed by atoms with van der Waals surface area (Å²) in [6.07, 6.45) is 1.43. The summed E-state index contributed by atoms with van der Waals surface area (Å²) < 4.78 is 0. The van der Waals surface area contributed by atoms with Gasteiger partial charge in [0.05, 0.1) is 6.61 Å². The Labute approximate surface area is 66.0 Å². The lowest BCUT2D eigenvalue weighted by Crippen LogP contribution is -2.39. The molecule has 1 aliphatic rings. The molecule has 0 aromatic rings. The lowest BCUT2D eigenvalue weighted by Gasteiger charge is -2.22. The van der Waals surface area contributed by atoms with Gasteiger partial charge in [0.15, 0.2) is 0 Å². The number of carbonyl (C=O) groups is 1. The van der Waals surface area contributed by atoms with Crippen molar-refractivity contribution >= 4 is 5.91 Å². The number of amides is 1. The molecule has 11 heavy (non-hydrogen) atoms. The number of carbonyl (C=O) groups excluding carboxylic acids is 1. The summed E-state index contributed by atoms with van der Waals surface area (Å²) in [5.74, 6) is 0.120. The number of rotatable bonds is 3.